The number of aryl methyl sites for hydroxylation is 1. The molecule has 94 valence electrons. The second-order valence-corrected chi connectivity index (χ2v) is 4.09. The second-order valence-electron chi connectivity index (χ2n) is 3.61. The van der Waals surface area contributed by atoms with E-state index in [1.54, 1.807) is 6.92 Å². The number of nitrogens with zero attached hydrogens (tertiary/aromatic N) is 1. The van der Waals surface area contributed by atoms with Gasteiger partial charge in [-0.25, -0.2) is 9.18 Å². The van der Waals surface area contributed by atoms with Crippen LogP contribution in [0.1, 0.15) is 19.4 Å². The van der Waals surface area contributed by atoms with Gasteiger partial charge in [0.15, 0.2) is 11.6 Å². The van der Waals surface area contributed by atoms with Gasteiger partial charge in [-0.1, -0.05) is 0 Å². The minimum Gasteiger partial charge on any atom is -0.407 e. The SMILES string of the molecule is CCN(CC)C(=O)Oc1cc(S)c(C)cc1F. The molecule has 0 bridgehead atoms. The fraction of sp³-hybridized carbons (Fsp3) is 0.417. The lowest BCUT2D eigenvalue weighted by Gasteiger charge is -2.18. The van der Waals surface area contributed by atoms with Crippen molar-refractivity contribution in [3.63, 3.8) is 0 Å². The molecule has 1 amide bonds. The highest BCUT2D eigenvalue weighted by Crippen LogP contribution is 2.24. The van der Waals surface area contributed by atoms with E-state index in [0.717, 1.165) is 0 Å². The van der Waals surface area contributed by atoms with Crippen LogP contribution >= 0.6 is 12.6 Å². The summed E-state index contributed by atoms with van der Waals surface area (Å²) in [5, 5.41) is 0. The Morgan fingerprint density at radius 3 is 2.53 bits per heavy atom. The van der Waals surface area contributed by atoms with Gasteiger partial charge in [0, 0.05) is 18.0 Å². The lowest BCUT2D eigenvalue weighted by atomic mass is 10.2. The summed E-state index contributed by atoms with van der Waals surface area (Å²) in [6, 6.07) is 2.71. The maximum Gasteiger partial charge on any atom is 0.415 e. The summed E-state index contributed by atoms with van der Waals surface area (Å²) in [5.41, 5.74) is 0.702. The number of hydrogen-bond acceptors (Lipinski definition) is 3. The monoisotopic (exact) mass is 257 g/mol. The number of thiol groups is 1. The van der Waals surface area contributed by atoms with Crippen LogP contribution in [0.5, 0.6) is 5.75 Å². The van der Waals surface area contributed by atoms with Crippen LogP contribution in [0, 0.1) is 12.7 Å². The van der Waals surface area contributed by atoms with Crippen molar-refractivity contribution >= 4 is 18.7 Å². The van der Waals surface area contributed by atoms with E-state index in [0.29, 0.717) is 23.5 Å². The van der Waals surface area contributed by atoms with Gasteiger partial charge in [-0.15, -0.1) is 12.6 Å². The number of hydrogen-bond donors (Lipinski definition) is 1. The van der Waals surface area contributed by atoms with Gasteiger partial charge < -0.3 is 9.64 Å². The van der Waals surface area contributed by atoms with Gasteiger partial charge in [-0.2, -0.15) is 0 Å². The first kappa shape index (κ1) is 13.8. The number of carbonyl (C=O) groups is 1. The third-order valence-corrected chi connectivity index (χ3v) is 2.95. The standard InChI is InChI=1S/C12H16FNO2S/c1-4-14(5-2)12(15)16-10-7-11(17)8(3)6-9(10)13/h6-7,17H,4-5H2,1-3H3. The van der Waals surface area contributed by atoms with Crippen molar-refractivity contribution in [3.05, 3.63) is 23.5 Å². The third-order valence-electron chi connectivity index (χ3n) is 2.47. The van der Waals surface area contributed by atoms with E-state index < -0.39 is 11.9 Å². The van der Waals surface area contributed by atoms with Crippen LogP contribution in [0.15, 0.2) is 17.0 Å². The molecule has 17 heavy (non-hydrogen) atoms. The average molecular weight is 257 g/mol. The highest BCUT2D eigenvalue weighted by atomic mass is 32.1. The Labute approximate surface area is 106 Å². The number of halogens is 1. The van der Waals surface area contributed by atoms with Crippen LogP contribution in [-0.2, 0) is 0 Å². The van der Waals surface area contributed by atoms with Crippen molar-refractivity contribution in [2.45, 2.75) is 25.7 Å². The fourth-order valence-corrected chi connectivity index (χ4v) is 1.54. The molecule has 0 aliphatic rings. The maximum absolute atomic E-state index is 13.5. The molecule has 3 nitrogen and oxygen atoms in total. The van der Waals surface area contributed by atoms with E-state index >= 15 is 0 Å². The van der Waals surface area contributed by atoms with Gasteiger partial charge in [0.1, 0.15) is 0 Å². The Kier molecular flexibility index (Phi) is 4.81. The van der Waals surface area contributed by atoms with Crippen molar-refractivity contribution in [3.8, 4) is 5.75 Å². The zero-order valence-corrected chi connectivity index (χ0v) is 11.1. The Hall–Kier alpha value is -1.23. The quantitative estimate of drug-likeness (QED) is 0.842. The van der Waals surface area contributed by atoms with E-state index in [-0.39, 0.29) is 5.75 Å². The molecule has 0 saturated heterocycles. The predicted octanol–water partition coefficient (Wildman–Crippen LogP) is 3.26. The minimum atomic E-state index is -0.555. The molecular weight excluding hydrogens is 241 g/mol. The number of amides is 1. The molecular formula is C12H16FNO2S. The molecule has 1 rings (SSSR count). The Bertz CT molecular complexity index is 419. The third kappa shape index (κ3) is 3.36. The summed E-state index contributed by atoms with van der Waals surface area (Å²) < 4.78 is 18.5. The molecule has 0 N–H and O–H groups in total. The summed E-state index contributed by atoms with van der Waals surface area (Å²) in [7, 11) is 0. The van der Waals surface area contributed by atoms with Gasteiger partial charge in [-0.3, -0.25) is 0 Å². The van der Waals surface area contributed by atoms with Gasteiger partial charge in [0.25, 0.3) is 0 Å². The Balaban J connectivity index is 2.88. The smallest absolute Gasteiger partial charge is 0.407 e. The zero-order chi connectivity index (χ0) is 13.0. The molecule has 0 radical (unpaired) electrons. The maximum atomic E-state index is 13.5. The first-order chi connectivity index (χ1) is 7.99. The molecule has 5 heteroatoms. The zero-order valence-electron chi connectivity index (χ0n) is 10.2. The topological polar surface area (TPSA) is 29.5 Å². The van der Waals surface area contributed by atoms with Gasteiger partial charge in [0.2, 0.25) is 0 Å². The summed E-state index contributed by atoms with van der Waals surface area (Å²) in [5.74, 6) is -0.640. The van der Waals surface area contributed by atoms with Crippen molar-refractivity contribution in [2.24, 2.45) is 0 Å². The second kappa shape index (κ2) is 5.91. The number of benzene rings is 1. The molecule has 0 aliphatic carbocycles. The molecule has 0 aliphatic heterocycles. The number of carbonyl (C=O) groups excluding carboxylic acids is 1. The van der Waals surface area contributed by atoms with E-state index in [1.165, 1.54) is 17.0 Å². The fourth-order valence-electron chi connectivity index (χ4n) is 1.36. The molecule has 1 aromatic rings. The Morgan fingerprint density at radius 1 is 1.41 bits per heavy atom. The normalized spacial score (nSPS) is 10.2. The van der Waals surface area contributed by atoms with Gasteiger partial charge in [0.05, 0.1) is 0 Å². The van der Waals surface area contributed by atoms with Crippen molar-refractivity contribution in [2.75, 3.05) is 13.1 Å². The summed E-state index contributed by atoms with van der Waals surface area (Å²) >= 11 is 4.16. The van der Waals surface area contributed by atoms with E-state index in [1.807, 2.05) is 13.8 Å². The molecule has 0 saturated carbocycles. The van der Waals surface area contributed by atoms with Crippen molar-refractivity contribution in [1.82, 2.24) is 4.90 Å². The largest absolute Gasteiger partial charge is 0.415 e. The van der Waals surface area contributed by atoms with E-state index in [4.69, 9.17) is 4.74 Å². The molecule has 0 heterocycles. The lowest BCUT2D eigenvalue weighted by Crippen LogP contribution is -2.33. The van der Waals surface area contributed by atoms with Crippen LogP contribution in [-0.4, -0.2) is 24.1 Å². The highest BCUT2D eigenvalue weighted by molar-refractivity contribution is 7.80. The van der Waals surface area contributed by atoms with Crippen molar-refractivity contribution in [1.29, 1.82) is 0 Å². The van der Waals surface area contributed by atoms with Crippen LogP contribution in [0.3, 0.4) is 0 Å². The van der Waals surface area contributed by atoms with Crippen LogP contribution in [0.4, 0.5) is 9.18 Å². The predicted molar refractivity (Wildman–Crippen MR) is 67.3 cm³/mol. The molecule has 0 aromatic heterocycles. The number of ether oxygens (including phenoxy) is 1. The van der Waals surface area contributed by atoms with E-state index in [2.05, 4.69) is 12.6 Å². The van der Waals surface area contributed by atoms with Crippen LogP contribution in [0.2, 0.25) is 0 Å². The molecule has 0 unspecified atom stereocenters. The average Bonchev–Trinajstić information content (AvgIpc) is 2.27. The van der Waals surface area contributed by atoms with Gasteiger partial charge in [-0.05, 0) is 38.5 Å². The van der Waals surface area contributed by atoms with Crippen molar-refractivity contribution < 1.29 is 13.9 Å². The van der Waals surface area contributed by atoms with E-state index in [9.17, 15) is 9.18 Å². The van der Waals surface area contributed by atoms with Crippen LogP contribution in [0.25, 0.3) is 0 Å². The lowest BCUT2D eigenvalue weighted by molar-refractivity contribution is 0.155. The first-order valence-electron chi connectivity index (χ1n) is 5.45. The molecule has 1 aromatic carbocycles. The molecule has 0 spiro atoms. The summed E-state index contributed by atoms with van der Waals surface area (Å²) in [4.78, 5) is 13.7. The minimum absolute atomic E-state index is 0.0856. The summed E-state index contributed by atoms with van der Waals surface area (Å²) in [6.45, 7) is 6.45. The van der Waals surface area contributed by atoms with Crippen LogP contribution < -0.4 is 4.74 Å². The first-order valence-corrected chi connectivity index (χ1v) is 5.90. The van der Waals surface area contributed by atoms with Gasteiger partial charge >= 0.3 is 6.09 Å². The highest BCUT2D eigenvalue weighted by Gasteiger charge is 2.15. The molecule has 0 atom stereocenters. The molecule has 0 fully saturated rings. The Morgan fingerprint density at radius 2 is 2.00 bits per heavy atom. The number of rotatable bonds is 3. The summed E-state index contributed by atoms with van der Waals surface area (Å²) in [6.07, 6.45) is -0.550.